The van der Waals surface area contributed by atoms with Crippen molar-refractivity contribution in [2.45, 2.75) is 37.5 Å². The minimum Gasteiger partial charge on any atom is -0.380 e. The SMILES string of the molecule is Cc1cn(-c2cc(C3CCN(C(=O)c4ccc(C5(O)COC5)cc4)CC3)cc(C(F)(F)F)c2)cn1. The Morgan fingerprint density at radius 3 is 2.34 bits per heavy atom. The molecule has 1 N–H and O–H groups in total. The highest BCUT2D eigenvalue weighted by Gasteiger charge is 2.38. The van der Waals surface area contributed by atoms with Gasteiger partial charge in [-0.15, -0.1) is 0 Å². The Labute approximate surface area is 201 Å². The molecule has 2 fully saturated rings. The average molecular weight is 486 g/mol. The van der Waals surface area contributed by atoms with Gasteiger partial charge in [0.25, 0.3) is 5.91 Å². The Kier molecular flexibility index (Phi) is 5.93. The second kappa shape index (κ2) is 8.80. The molecule has 2 aliphatic heterocycles. The standard InChI is InChI=1S/C26H26F3N3O3/c1-17-13-32(16-30-17)23-11-20(10-22(12-23)26(27,28)29)18-6-8-31(9-7-18)24(33)19-2-4-21(5-3-19)25(34)14-35-15-25/h2-5,10-13,16,18,34H,6-9,14-15H2,1H3. The molecule has 0 unspecified atom stereocenters. The van der Waals surface area contributed by atoms with E-state index in [1.807, 2.05) is 0 Å². The predicted octanol–water partition coefficient (Wildman–Crippen LogP) is 4.44. The Morgan fingerprint density at radius 2 is 1.80 bits per heavy atom. The number of carbonyl (C=O) groups is 1. The van der Waals surface area contributed by atoms with Crippen LogP contribution >= 0.6 is 0 Å². The number of hydrogen-bond acceptors (Lipinski definition) is 4. The molecule has 9 heteroatoms. The van der Waals surface area contributed by atoms with Crippen LogP contribution in [-0.4, -0.2) is 51.8 Å². The summed E-state index contributed by atoms with van der Waals surface area (Å²) in [6, 6.07) is 11.0. The first-order valence-corrected chi connectivity index (χ1v) is 11.6. The molecule has 3 aromatic rings. The van der Waals surface area contributed by atoms with Crippen LogP contribution in [0.3, 0.4) is 0 Å². The van der Waals surface area contributed by atoms with Gasteiger partial charge in [0.2, 0.25) is 0 Å². The number of amides is 1. The highest BCUT2D eigenvalue weighted by atomic mass is 19.4. The van der Waals surface area contributed by atoms with Gasteiger partial charge in [-0.3, -0.25) is 4.79 Å². The number of hydrogen-bond donors (Lipinski definition) is 1. The molecule has 0 spiro atoms. The van der Waals surface area contributed by atoms with Gasteiger partial charge in [0.05, 0.1) is 30.8 Å². The second-order valence-corrected chi connectivity index (χ2v) is 9.40. The molecule has 0 saturated carbocycles. The van der Waals surface area contributed by atoms with Gasteiger partial charge in [-0.2, -0.15) is 13.2 Å². The normalized spacial score (nSPS) is 18.4. The topological polar surface area (TPSA) is 67.6 Å². The first kappa shape index (κ1) is 23.6. The van der Waals surface area contributed by atoms with Crippen molar-refractivity contribution in [3.05, 3.63) is 82.9 Å². The minimum atomic E-state index is -4.46. The van der Waals surface area contributed by atoms with Crippen molar-refractivity contribution >= 4 is 5.91 Å². The third-order valence-electron chi connectivity index (χ3n) is 6.88. The van der Waals surface area contributed by atoms with Gasteiger partial charge >= 0.3 is 6.18 Å². The summed E-state index contributed by atoms with van der Waals surface area (Å²) in [7, 11) is 0. The maximum absolute atomic E-state index is 13.6. The van der Waals surface area contributed by atoms with Gasteiger partial charge in [-0.1, -0.05) is 12.1 Å². The molecule has 2 saturated heterocycles. The zero-order chi connectivity index (χ0) is 24.8. The Morgan fingerprint density at radius 1 is 1.11 bits per heavy atom. The van der Waals surface area contributed by atoms with E-state index in [1.54, 1.807) is 52.9 Å². The number of piperidine rings is 1. The number of halogens is 3. The first-order chi connectivity index (χ1) is 16.6. The van der Waals surface area contributed by atoms with Crippen molar-refractivity contribution < 1.29 is 27.8 Å². The van der Waals surface area contributed by atoms with Crippen LogP contribution in [0.4, 0.5) is 13.2 Å². The van der Waals surface area contributed by atoms with Gasteiger partial charge in [-0.25, -0.2) is 4.98 Å². The van der Waals surface area contributed by atoms with Crippen molar-refractivity contribution in [1.82, 2.24) is 14.5 Å². The number of alkyl halides is 3. The number of aliphatic hydroxyl groups is 1. The molecule has 5 rings (SSSR count). The van der Waals surface area contributed by atoms with Crippen LogP contribution in [0.15, 0.2) is 55.0 Å². The van der Waals surface area contributed by atoms with E-state index < -0.39 is 17.3 Å². The van der Waals surface area contributed by atoms with Crippen molar-refractivity contribution in [1.29, 1.82) is 0 Å². The molecule has 6 nitrogen and oxygen atoms in total. The van der Waals surface area contributed by atoms with Crippen LogP contribution in [-0.2, 0) is 16.5 Å². The van der Waals surface area contributed by atoms with E-state index in [4.69, 9.17) is 4.74 Å². The van der Waals surface area contributed by atoms with Gasteiger partial charge in [-0.05, 0) is 67.1 Å². The Balaban J connectivity index is 1.30. The lowest BCUT2D eigenvalue weighted by molar-refractivity contribution is -0.184. The van der Waals surface area contributed by atoms with Gasteiger partial charge in [0.1, 0.15) is 5.60 Å². The van der Waals surface area contributed by atoms with Crippen LogP contribution in [0.25, 0.3) is 5.69 Å². The minimum absolute atomic E-state index is 0.0834. The summed E-state index contributed by atoms with van der Waals surface area (Å²) in [5.74, 6) is -0.203. The summed E-state index contributed by atoms with van der Waals surface area (Å²) in [5.41, 5.74) is 1.33. The van der Waals surface area contributed by atoms with Crippen LogP contribution in [0.5, 0.6) is 0 Å². The van der Waals surface area contributed by atoms with E-state index >= 15 is 0 Å². The van der Waals surface area contributed by atoms with E-state index in [0.717, 1.165) is 11.8 Å². The maximum Gasteiger partial charge on any atom is 0.416 e. The van der Waals surface area contributed by atoms with E-state index in [1.165, 1.54) is 12.4 Å². The van der Waals surface area contributed by atoms with Crippen molar-refractivity contribution in [3.63, 3.8) is 0 Å². The van der Waals surface area contributed by atoms with Gasteiger partial charge < -0.3 is 19.3 Å². The average Bonchev–Trinajstić information content (AvgIpc) is 3.28. The molecule has 1 aromatic heterocycles. The summed E-state index contributed by atoms with van der Waals surface area (Å²) in [5, 5.41) is 10.4. The number of likely N-dealkylation sites (tertiary alicyclic amines) is 1. The summed E-state index contributed by atoms with van der Waals surface area (Å²) in [6.45, 7) is 3.18. The first-order valence-electron chi connectivity index (χ1n) is 11.6. The third-order valence-corrected chi connectivity index (χ3v) is 6.88. The molecular formula is C26H26F3N3O3. The second-order valence-electron chi connectivity index (χ2n) is 9.40. The van der Waals surface area contributed by atoms with Crippen LogP contribution in [0.2, 0.25) is 0 Å². The lowest BCUT2D eigenvalue weighted by atomic mass is 9.87. The van der Waals surface area contributed by atoms with Crippen LogP contribution in [0.1, 0.15) is 51.5 Å². The number of ether oxygens (including phenoxy) is 1. The molecule has 0 aliphatic carbocycles. The molecule has 35 heavy (non-hydrogen) atoms. The number of nitrogens with zero attached hydrogens (tertiary/aromatic N) is 3. The van der Waals surface area contributed by atoms with Crippen molar-refractivity contribution in [2.75, 3.05) is 26.3 Å². The van der Waals surface area contributed by atoms with E-state index in [9.17, 15) is 23.1 Å². The highest BCUT2D eigenvalue weighted by Crippen LogP contribution is 2.36. The van der Waals surface area contributed by atoms with E-state index in [0.29, 0.717) is 48.3 Å². The number of aryl methyl sites for hydroxylation is 1. The van der Waals surface area contributed by atoms with Crippen molar-refractivity contribution in [2.24, 2.45) is 0 Å². The summed E-state index contributed by atoms with van der Waals surface area (Å²) in [6.07, 6.45) is -0.0998. The quantitative estimate of drug-likeness (QED) is 0.594. The number of aromatic nitrogens is 2. The molecule has 2 aromatic carbocycles. The number of rotatable bonds is 4. The third kappa shape index (κ3) is 4.70. The molecular weight excluding hydrogens is 459 g/mol. The smallest absolute Gasteiger partial charge is 0.380 e. The fraction of sp³-hybridized carbons (Fsp3) is 0.385. The largest absolute Gasteiger partial charge is 0.416 e. The van der Waals surface area contributed by atoms with E-state index in [2.05, 4.69) is 4.98 Å². The van der Waals surface area contributed by atoms with Crippen molar-refractivity contribution in [3.8, 4) is 5.69 Å². The monoisotopic (exact) mass is 485 g/mol. The molecule has 2 aliphatic rings. The zero-order valence-electron chi connectivity index (χ0n) is 19.3. The maximum atomic E-state index is 13.6. The lowest BCUT2D eigenvalue weighted by Crippen LogP contribution is -2.46. The van der Waals surface area contributed by atoms with E-state index in [-0.39, 0.29) is 25.0 Å². The van der Waals surface area contributed by atoms with Gasteiger partial charge in [0, 0.05) is 30.5 Å². The summed E-state index contributed by atoms with van der Waals surface area (Å²) >= 11 is 0. The van der Waals surface area contributed by atoms with Crippen LogP contribution < -0.4 is 0 Å². The fourth-order valence-electron chi connectivity index (χ4n) is 4.73. The Hall–Kier alpha value is -3.17. The lowest BCUT2D eigenvalue weighted by Gasteiger charge is -2.37. The van der Waals surface area contributed by atoms with Gasteiger partial charge in [0.15, 0.2) is 0 Å². The van der Waals surface area contributed by atoms with Crippen LogP contribution in [0, 0.1) is 6.92 Å². The molecule has 1 amide bonds. The number of carbonyl (C=O) groups excluding carboxylic acids is 1. The zero-order valence-corrected chi connectivity index (χ0v) is 19.3. The Bertz CT molecular complexity index is 1220. The molecule has 0 bridgehead atoms. The fourth-order valence-corrected chi connectivity index (χ4v) is 4.73. The number of imidazole rings is 1. The molecule has 0 radical (unpaired) electrons. The predicted molar refractivity (Wildman–Crippen MR) is 122 cm³/mol. The molecule has 3 heterocycles. The molecule has 0 atom stereocenters. The highest BCUT2D eigenvalue weighted by molar-refractivity contribution is 5.94. The molecule has 184 valence electrons. The summed E-state index contributed by atoms with van der Waals surface area (Å²) in [4.78, 5) is 18.9. The number of benzene rings is 2. The summed E-state index contributed by atoms with van der Waals surface area (Å²) < 4.78 is 47.5.